The molecule has 1 aliphatic rings. The van der Waals surface area contributed by atoms with Crippen molar-refractivity contribution in [2.45, 2.75) is 58.4 Å². The second-order valence-electron chi connectivity index (χ2n) is 6.44. The van der Waals surface area contributed by atoms with Crippen LogP contribution >= 0.6 is 0 Å². The predicted molar refractivity (Wildman–Crippen MR) is 71.0 cm³/mol. The normalized spacial score (nSPS) is 27.1. The molecule has 3 heteroatoms. The maximum atomic E-state index is 9.23. The van der Waals surface area contributed by atoms with Gasteiger partial charge >= 0.3 is 0 Å². The lowest BCUT2D eigenvalue weighted by atomic mass is 10.0. The highest BCUT2D eigenvalue weighted by Gasteiger charge is 2.40. The molecule has 0 saturated carbocycles. The van der Waals surface area contributed by atoms with Crippen molar-refractivity contribution in [1.29, 1.82) is 0 Å². The SMILES string of the molecule is CC1=C[C@@H](O[Si](C)(C)C(C)(C)C)C[C@@H]1CO. The summed E-state index contributed by atoms with van der Waals surface area (Å²) in [5.74, 6) is 0.315. The van der Waals surface area contributed by atoms with Crippen molar-refractivity contribution in [3.05, 3.63) is 11.6 Å². The minimum absolute atomic E-state index is 0.220. The summed E-state index contributed by atoms with van der Waals surface area (Å²) in [4.78, 5) is 0. The number of rotatable bonds is 3. The van der Waals surface area contributed by atoms with Crippen molar-refractivity contribution in [2.24, 2.45) is 5.92 Å². The molecular formula is C13H26O2Si. The fourth-order valence-corrected chi connectivity index (χ4v) is 3.09. The van der Waals surface area contributed by atoms with Crippen LogP contribution in [0.1, 0.15) is 34.1 Å². The molecule has 0 aromatic heterocycles. The highest BCUT2D eigenvalue weighted by atomic mass is 28.4. The monoisotopic (exact) mass is 242 g/mol. The van der Waals surface area contributed by atoms with E-state index in [1.54, 1.807) is 0 Å². The Morgan fingerprint density at radius 1 is 1.44 bits per heavy atom. The van der Waals surface area contributed by atoms with E-state index in [-0.39, 0.29) is 17.7 Å². The Labute approximate surface area is 101 Å². The highest BCUT2D eigenvalue weighted by Crippen LogP contribution is 2.39. The summed E-state index contributed by atoms with van der Waals surface area (Å²) in [5, 5.41) is 9.48. The lowest BCUT2D eigenvalue weighted by molar-refractivity contribution is 0.182. The zero-order valence-corrected chi connectivity index (χ0v) is 12.5. The molecule has 0 bridgehead atoms. The van der Waals surface area contributed by atoms with Crippen LogP contribution in [0.4, 0.5) is 0 Å². The number of hydrogen-bond acceptors (Lipinski definition) is 2. The standard InChI is InChI=1S/C13H26O2Si/c1-10-7-12(8-11(10)9-14)15-16(5,6)13(2,3)4/h7,11-12,14H,8-9H2,1-6H3/t11-,12-/m1/s1. The molecule has 0 amide bonds. The van der Waals surface area contributed by atoms with Crippen LogP contribution in [0.25, 0.3) is 0 Å². The first-order chi connectivity index (χ1) is 7.17. The summed E-state index contributed by atoms with van der Waals surface area (Å²) in [6.07, 6.45) is 3.37. The summed E-state index contributed by atoms with van der Waals surface area (Å²) in [6.45, 7) is 13.7. The van der Waals surface area contributed by atoms with E-state index in [0.717, 1.165) is 6.42 Å². The van der Waals surface area contributed by atoms with Gasteiger partial charge in [0.1, 0.15) is 0 Å². The van der Waals surface area contributed by atoms with Gasteiger partial charge in [-0.1, -0.05) is 32.4 Å². The second kappa shape index (κ2) is 4.63. The third-order valence-corrected chi connectivity index (χ3v) is 8.59. The Bertz CT molecular complexity index is 276. The van der Waals surface area contributed by atoms with Crippen molar-refractivity contribution < 1.29 is 9.53 Å². The first-order valence-electron chi connectivity index (χ1n) is 6.14. The van der Waals surface area contributed by atoms with E-state index in [0.29, 0.717) is 5.92 Å². The van der Waals surface area contributed by atoms with Crippen LogP contribution in [0, 0.1) is 5.92 Å². The quantitative estimate of drug-likeness (QED) is 0.607. The number of aliphatic hydroxyl groups excluding tert-OH is 1. The van der Waals surface area contributed by atoms with E-state index < -0.39 is 8.32 Å². The topological polar surface area (TPSA) is 29.5 Å². The Balaban J connectivity index is 2.65. The second-order valence-corrected chi connectivity index (χ2v) is 11.2. The fourth-order valence-electron chi connectivity index (χ4n) is 1.82. The summed E-state index contributed by atoms with van der Waals surface area (Å²) >= 11 is 0. The van der Waals surface area contributed by atoms with Crippen LogP contribution in [0.2, 0.25) is 18.1 Å². The predicted octanol–water partition coefficient (Wildman–Crippen LogP) is 3.34. The van der Waals surface area contributed by atoms with Gasteiger partial charge in [-0.2, -0.15) is 0 Å². The largest absolute Gasteiger partial charge is 0.411 e. The molecule has 0 unspecified atom stereocenters. The molecule has 2 nitrogen and oxygen atoms in total. The van der Waals surface area contributed by atoms with E-state index in [2.05, 4.69) is 46.9 Å². The van der Waals surface area contributed by atoms with Gasteiger partial charge in [-0.3, -0.25) is 0 Å². The Morgan fingerprint density at radius 3 is 2.38 bits per heavy atom. The van der Waals surface area contributed by atoms with Crippen molar-refractivity contribution >= 4 is 8.32 Å². The van der Waals surface area contributed by atoms with Gasteiger partial charge in [0.05, 0.1) is 6.10 Å². The Kier molecular flexibility index (Phi) is 4.03. The van der Waals surface area contributed by atoms with Gasteiger partial charge in [0.25, 0.3) is 0 Å². The molecule has 0 saturated heterocycles. The Morgan fingerprint density at radius 2 is 2.00 bits per heavy atom. The molecule has 0 aromatic rings. The minimum atomic E-state index is -1.67. The molecule has 1 N–H and O–H groups in total. The van der Waals surface area contributed by atoms with Crippen LogP contribution in [-0.2, 0) is 4.43 Å². The van der Waals surface area contributed by atoms with E-state index in [4.69, 9.17) is 4.43 Å². The van der Waals surface area contributed by atoms with Crippen LogP contribution in [0.3, 0.4) is 0 Å². The maximum absolute atomic E-state index is 9.23. The minimum Gasteiger partial charge on any atom is -0.411 e. The first kappa shape index (κ1) is 13.9. The molecule has 0 radical (unpaired) electrons. The highest BCUT2D eigenvalue weighted by molar-refractivity contribution is 6.74. The molecule has 1 rings (SSSR count). The maximum Gasteiger partial charge on any atom is 0.192 e. The molecule has 0 spiro atoms. The summed E-state index contributed by atoms with van der Waals surface area (Å²) in [5.41, 5.74) is 1.28. The van der Waals surface area contributed by atoms with Crippen LogP contribution in [0.15, 0.2) is 11.6 Å². The molecule has 1 aliphatic carbocycles. The van der Waals surface area contributed by atoms with Gasteiger partial charge in [-0.05, 0) is 31.5 Å². The molecule has 0 heterocycles. The zero-order chi connectivity index (χ0) is 12.6. The average Bonchev–Trinajstić information content (AvgIpc) is 2.43. The van der Waals surface area contributed by atoms with E-state index in [9.17, 15) is 5.11 Å². The zero-order valence-electron chi connectivity index (χ0n) is 11.5. The molecule has 0 aromatic carbocycles. The van der Waals surface area contributed by atoms with Gasteiger partial charge in [-0.25, -0.2) is 0 Å². The third-order valence-electron chi connectivity index (χ3n) is 4.08. The number of hydrogen-bond donors (Lipinski definition) is 1. The molecular weight excluding hydrogens is 216 g/mol. The van der Waals surface area contributed by atoms with Gasteiger partial charge in [0.15, 0.2) is 8.32 Å². The van der Waals surface area contributed by atoms with Gasteiger partial charge in [-0.15, -0.1) is 0 Å². The van der Waals surface area contributed by atoms with Crippen LogP contribution in [0.5, 0.6) is 0 Å². The molecule has 0 fully saturated rings. The van der Waals surface area contributed by atoms with Gasteiger partial charge in [0, 0.05) is 12.5 Å². The van der Waals surface area contributed by atoms with Crippen LogP contribution < -0.4 is 0 Å². The molecule has 94 valence electrons. The van der Waals surface area contributed by atoms with Crippen molar-refractivity contribution in [3.63, 3.8) is 0 Å². The lowest BCUT2D eigenvalue weighted by Gasteiger charge is -2.38. The lowest BCUT2D eigenvalue weighted by Crippen LogP contribution is -2.43. The van der Waals surface area contributed by atoms with Gasteiger partial charge in [0.2, 0.25) is 0 Å². The molecule has 2 atom stereocenters. The third kappa shape index (κ3) is 2.96. The molecule has 16 heavy (non-hydrogen) atoms. The van der Waals surface area contributed by atoms with E-state index >= 15 is 0 Å². The van der Waals surface area contributed by atoms with Crippen molar-refractivity contribution in [1.82, 2.24) is 0 Å². The number of aliphatic hydroxyl groups is 1. The first-order valence-corrected chi connectivity index (χ1v) is 9.05. The van der Waals surface area contributed by atoms with Crippen molar-refractivity contribution in [2.75, 3.05) is 6.61 Å². The summed E-state index contributed by atoms with van der Waals surface area (Å²) in [7, 11) is -1.67. The molecule has 0 aliphatic heterocycles. The van der Waals surface area contributed by atoms with Gasteiger partial charge < -0.3 is 9.53 Å². The van der Waals surface area contributed by atoms with Crippen LogP contribution in [-0.4, -0.2) is 26.1 Å². The average molecular weight is 242 g/mol. The van der Waals surface area contributed by atoms with E-state index in [1.807, 2.05) is 0 Å². The summed E-state index contributed by atoms with van der Waals surface area (Å²) in [6, 6.07) is 0. The smallest absolute Gasteiger partial charge is 0.192 e. The Hall–Kier alpha value is -0.123. The fraction of sp³-hybridized carbons (Fsp3) is 0.846. The van der Waals surface area contributed by atoms with Crippen molar-refractivity contribution in [3.8, 4) is 0 Å². The van der Waals surface area contributed by atoms with E-state index in [1.165, 1.54) is 5.57 Å². The summed E-state index contributed by atoms with van der Waals surface area (Å²) < 4.78 is 6.32.